The van der Waals surface area contributed by atoms with Crippen LogP contribution in [0.2, 0.25) is 0 Å². The summed E-state index contributed by atoms with van der Waals surface area (Å²) in [6, 6.07) is 0. The minimum Gasteiger partial charge on any atom is -0.479 e. The van der Waals surface area contributed by atoms with Crippen LogP contribution >= 0.6 is 0 Å². The predicted octanol–water partition coefficient (Wildman–Crippen LogP) is -13.6. The first-order valence-corrected chi connectivity index (χ1v) is 39.9. The third-order valence-corrected chi connectivity index (χ3v) is 20.7. The maximum absolute atomic E-state index is 13.4. The maximum Gasteiger partial charge on any atom is 0.336 e. The molecule has 0 radical (unpaired) electrons. The van der Waals surface area contributed by atoms with Crippen LogP contribution in [0.25, 0.3) is 0 Å². The highest BCUT2D eigenvalue weighted by molar-refractivity contribution is 5.85. The fourth-order valence-corrected chi connectivity index (χ4v) is 13.5. The minimum absolute atomic E-state index is 0.253. The lowest BCUT2D eigenvalue weighted by atomic mass is 9.90. The van der Waals surface area contributed by atoms with Crippen molar-refractivity contribution in [2.45, 2.75) is 299 Å². The van der Waals surface area contributed by atoms with E-state index in [2.05, 4.69) is 20.4 Å². The van der Waals surface area contributed by atoms with E-state index < -0.39 is 342 Å². The Bertz CT molecular complexity index is 4100. The molecule has 0 aromatic rings. The van der Waals surface area contributed by atoms with Crippen molar-refractivity contribution in [2.24, 2.45) is 32.2 Å². The molecule has 37 unspecified atom stereocenters. The van der Waals surface area contributed by atoms with Gasteiger partial charge in [0.1, 0.15) is 97.7 Å². The normalized spacial score (nSPS) is 34.5. The number of carbonyl (C=O) groups is 15. The van der Waals surface area contributed by atoms with Gasteiger partial charge in [-0.15, -0.1) is 0 Å². The Morgan fingerprint density at radius 2 is 0.560 bits per heavy atom. The summed E-state index contributed by atoms with van der Waals surface area (Å²) in [5.41, 5.74) is 7.80. The van der Waals surface area contributed by atoms with E-state index in [0.29, 0.717) is 24.9 Å². The summed E-state index contributed by atoms with van der Waals surface area (Å²) in [7, 11) is 2.78. The fraction of sp³-hybridized carbons (Fsp3) is 0.736. The molecule has 0 aromatic carbocycles. The summed E-state index contributed by atoms with van der Waals surface area (Å²) in [5, 5.41) is 235. The second kappa shape index (κ2) is 52.9. The predicted molar refractivity (Wildman–Crippen MR) is 412 cm³/mol. The van der Waals surface area contributed by atoms with Gasteiger partial charge in [0.25, 0.3) is 0 Å². The summed E-state index contributed by atoms with van der Waals surface area (Å²) in [6.45, 7) is 3.43. The molecule has 6 saturated heterocycles. The Balaban J connectivity index is 1.18. The Hall–Kier alpha value is -10.1. The van der Waals surface area contributed by atoms with E-state index in [4.69, 9.17) is 85.3 Å². The van der Waals surface area contributed by atoms with E-state index >= 15 is 0 Å². The number of rotatable bonds is 53. The quantitative estimate of drug-likeness (QED) is 0.00884. The number of hydrogen-bond donors (Lipinski definition) is 25. The SMILES string of the molecule is COC1OC(C(=O)O)C(OC(/C=N/NC(=O)CCCCC(=O)N/N=C/C(OC2C(C(=O)O)OC(OC)C(O)C2O)O[C@@H](C(=O)O)C(/C=N/NC(=O)CCCCC(=O)N/N=C/C(OC2OC(C(=O)O)C(OC)C(O)C2O)C(OC(C=O)OC2C(C(=O)O)OC(C)C(O)C2O)C(=O)O)OC2OC(C(=O)O)C(C)C(O)C2O)OC(C(=O)O)[C@H](C=O)OC2OC(C(=O)O)C(C)C(O)C2O)C(O)C1O. The number of hydrazone groups is 4. The van der Waals surface area contributed by atoms with E-state index in [-0.39, 0.29) is 38.3 Å². The van der Waals surface area contributed by atoms with Crippen molar-refractivity contribution in [1.29, 1.82) is 0 Å². The monoisotopic (exact) mass is 1940 g/mol. The first-order valence-electron chi connectivity index (χ1n) is 39.9. The highest BCUT2D eigenvalue weighted by Crippen LogP contribution is 2.35. The number of carbonyl (C=O) groups excluding carboxylic acids is 6. The Morgan fingerprint density at radius 1 is 0.299 bits per heavy atom. The molecule has 6 aliphatic heterocycles. The topological polar surface area (TPSA) is 945 Å². The van der Waals surface area contributed by atoms with Crippen LogP contribution in [0, 0.1) is 11.8 Å². The van der Waals surface area contributed by atoms with E-state index in [1.54, 1.807) is 0 Å². The van der Waals surface area contributed by atoms with Gasteiger partial charge in [0.15, 0.2) is 118 Å². The Kier molecular flexibility index (Phi) is 44.4. The number of nitrogens with zero attached hydrogens (tertiary/aromatic N) is 4. The molecule has 62 nitrogen and oxygen atoms in total. The van der Waals surface area contributed by atoms with Gasteiger partial charge in [-0.25, -0.2) is 64.9 Å². The molecule has 0 bridgehead atoms. The highest BCUT2D eigenvalue weighted by Gasteiger charge is 2.57. The molecule has 0 aliphatic carbocycles. The summed E-state index contributed by atoms with van der Waals surface area (Å²) in [4.78, 5) is 190. The Labute approximate surface area is 751 Å². The lowest BCUT2D eigenvalue weighted by Gasteiger charge is -2.41. The van der Waals surface area contributed by atoms with Crippen LogP contribution < -0.4 is 21.7 Å². The molecular formula is C72H104N8O54. The maximum atomic E-state index is 13.4. The van der Waals surface area contributed by atoms with E-state index in [1.807, 2.05) is 21.7 Å². The average molecular weight is 1950 g/mol. The van der Waals surface area contributed by atoms with Crippen molar-refractivity contribution in [3.05, 3.63) is 0 Å². The number of aliphatic hydroxyl groups is 12. The van der Waals surface area contributed by atoms with Crippen LogP contribution in [0.4, 0.5) is 0 Å². The van der Waals surface area contributed by atoms with E-state index in [1.165, 1.54) is 0 Å². The molecule has 0 spiro atoms. The first kappa shape index (κ1) is 113. The molecule has 6 heterocycles. The summed E-state index contributed by atoms with van der Waals surface area (Å²) in [6.07, 6.45) is -84.6. The van der Waals surface area contributed by atoms with Crippen molar-refractivity contribution < 1.29 is 264 Å². The van der Waals surface area contributed by atoms with Crippen molar-refractivity contribution >= 4 is 115 Å². The van der Waals surface area contributed by atoms with Gasteiger partial charge in [0.2, 0.25) is 29.9 Å². The summed E-state index contributed by atoms with van der Waals surface area (Å²) < 4.78 is 95.4. The fourth-order valence-electron chi connectivity index (χ4n) is 13.5. The van der Waals surface area contributed by atoms with Crippen LogP contribution in [0.1, 0.15) is 72.1 Å². The lowest BCUT2D eigenvalue weighted by molar-refractivity contribution is -0.316. The number of carboxylic acid groups (broad SMARTS) is 9. The largest absolute Gasteiger partial charge is 0.479 e. The molecule has 4 amide bonds. The van der Waals surface area contributed by atoms with Crippen LogP contribution in [-0.2, 0) is 157 Å². The zero-order valence-electron chi connectivity index (χ0n) is 70.8. The van der Waals surface area contributed by atoms with Crippen LogP contribution in [0.15, 0.2) is 20.4 Å². The molecule has 62 heteroatoms. The van der Waals surface area contributed by atoms with Crippen LogP contribution in [0.5, 0.6) is 0 Å². The lowest BCUT2D eigenvalue weighted by Crippen LogP contribution is -2.62. The molecular weight excluding hydrogens is 1840 g/mol. The van der Waals surface area contributed by atoms with Crippen molar-refractivity contribution in [3.8, 4) is 0 Å². The number of aldehydes is 2. The second-order valence-electron chi connectivity index (χ2n) is 30.0. The van der Waals surface area contributed by atoms with Crippen molar-refractivity contribution in [1.82, 2.24) is 21.7 Å². The number of aliphatic hydroxyl groups excluding tert-OH is 12. The number of carboxylic acids is 9. The van der Waals surface area contributed by atoms with E-state index in [9.17, 15) is 179 Å². The number of amides is 4. The van der Waals surface area contributed by atoms with Gasteiger partial charge in [-0.3, -0.25) is 24.0 Å². The molecule has 756 valence electrons. The Morgan fingerprint density at radius 3 is 0.873 bits per heavy atom. The molecule has 0 saturated carbocycles. The smallest absolute Gasteiger partial charge is 0.336 e. The highest BCUT2D eigenvalue weighted by atomic mass is 16.8. The van der Waals surface area contributed by atoms with Gasteiger partial charge >= 0.3 is 53.7 Å². The van der Waals surface area contributed by atoms with Crippen molar-refractivity contribution in [2.75, 3.05) is 21.3 Å². The number of nitrogens with one attached hydrogen (secondary N) is 4. The third kappa shape index (κ3) is 30.5. The average Bonchev–Trinajstić information content (AvgIpc) is 0.807. The van der Waals surface area contributed by atoms with Gasteiger partial charge in [-0.2, -0.15) is 20.4 Å². The molecule has 39 atom stereocenters. The van der Waals surface area contributed by atoms with Crippen molar-refractivity contribution in [3.63, 3.8) is 0 Å². The van der Waals surface area contributed by atoms with Gasteiger partial charge in [0, 0.05) is 58.8 Å². The zero-order valence-corrected chi connectivity index (χ0v) is 70.8. The number of ether oxygens (including phenoxy) is 18. The number of methoxy groups -OCH3 is 3. The summed E-state index contributed by atoms with van der Waals surface area (Å²) >= 11 is 0. The zero-order chi connectivity index (χ0) is 100. The van der Waals surface area contributed by atoms with Gasteiger partial charge in [-0.1, -0.05) is 13.8 Å². The van der Waals surface area contributed by atoms with Crippen LogP contribution in [0.3, 0.4) is 0 Å². The molecule has 6 fully saturated rings. The molecule has 6 aliphatic rings. The summed E-state index contributed by atoms with van der Waals surface area (Å²) in [5.74, 6) is -24.3. The van der Waals surface area contributed by atoms with Crippen LogP contribution in [-0.4, -0.2) is 471 Å². The molecule has 134 heavy (non-hydrogen) atoms. The number of aliphatic carboxylic acids is 9. The number of unbranched alkanes of at least 4 members (excludes halogenated alkanes) is 2. The molecule has 0 aromatic heterocycles. The molecule has 6 rings (SSSR count). The van der Waals surface area contributed by atoms with E-state index in [0.717, 1.165) is 42.1 Å². The second-order valence-corrected chi connectivity index (χ2v) is 30.0. The molecule has 25 N–H and O–H groups in total. The first-order chi connectivity index (χ1) is 63.1. The third-order valence-electron chi connectivity index (χ3n) is 20.7. The number of hydrogen-bond acceptors (Lipinski definition) is 49. The minimum atomic E-state index is -2.78. The van der Waals surface area contributed by atoms with Gasteiger partial charge in [-0.05, 0) is 32.6 Å². The standard InChI is InChI=1S/C72H104N8O54/c1-21-34(87)41(94)70(130-46(21)59(99)100)121-24(15-73-77-27(83)11-7-8-12-28(84)78-74-16-25(122-72-45(98)38(91)51(117-4)55(134-72)64(109)110)49(62(105)106)128-33(20-82)129-52-37(90)36(89)23(3)120-56(52)65(111)112)48(61(103)104)124-31(126-53-39(92)43(96)68(118-5)132-57(53)66(113)114)17-75-79-29(85)13-9-10-14-30(86)80-76-18-32(127-54-40(93)44(97)69(119-6)133-58(54)67(115)116)125-50(63(107)108)26(19-81)123-71-42(95)35(88)22(2)47(131-71)60(101)102/h15-26,31-58,68-72,87-98H,7-14H2,1-6H3,(H,77,83)(H,78,84)(H,79,85)(H,80,86)(H,99,100)(H,101,102)(H,103,104)(H,105,106)(H,107,108)(H,109,110)(H,111,112)(H,113,114)(H,115,116)/b73-15+,74-16+,75-17+,76-18+/t21?,22?,23?,24?,25?,26-,31?,32?,33?,34?,35?,36?,37?,38?,39?,40?,41?,42?,43?,44?,45?,46?,47?,48+,49?,50?,51?,52?,53?,54?,55?,56?,57?,58?,68?,69?,70?,71?,72?/m0/s1. The van der Waals surface area contributed by atoms with Gasteiger partial charge in [0.05, 0.1) is 43.2 Å². The van der Waals surface area contributed by atoms with Gasteiger partial charge < -0.3 is 197 Å².